The molecule has 0 N–H and O–H groups in total. The first-order valence-corrected chi connectivity index (χ1v) is 20.1. The van der Waals surface area contributed by atoms with Crippen molar-refractivity contribution in [2.75, 3.05) is 23.0 Å². The van der Waals surface area contributed by atoms with Gasteiger partial charge in [0.25, 0.3) is 0 Å². The average Bonchev–Trinajstić information content (AvgIpc) is 3.39. The molecule has 2 aliphatic carbocycles. The minimum atomic E-state index is -0.863. The van der Waals surface area contributed by atoms with Crippen molar-refractivity contribution in [3.63, 3.8) is 0 Å². The Kier molecular flexibility index (Phi) is 8.52. The molecule has 0 amide bonds. The van der Waals surface area contributed by atoms with Crippen molar-refractivity contribution < 1.29 is 48.1 Å². The molecule has 258 valence electrons. The number of esters is 2. The maximum absolute atomic E-state index is 13.3. The molecule has 8 heterocycles. The predicted molar refractivity (Wildman–Crippen MR) is 169 cm³/mol. The highest BCUT2D eigenvalue weighted by molar-refractivity contribution is 7.99. The van der Waals surface area contributed by atoms with Crippen LogP contribution >= 0.6 is 23.5 Å². The normalized spacial score (nSPS) is 52.2. The Morgan fingerprint density at radius 1 is 0.609 bits per heavy atom. The van der Waals surface area contributed by atoms with Gasteiger partial charge in [-0.25, -0.2) is 19.6 Å². The van der Waals surface area contributed by atoms with Gasteiger partial charge in [0.05, 0.1) is 11.8 Å². The highest BCUT2D eigenvalue weighted by atomic mass is 32.2. The van der Waals surface area contributed by atoms with E-state index in [1.54, 1.807) is 0 Å². The van der Waals surface area contributed by atoms with E-state index in [9.17, 15) is 9.59 Å². The van der Waals surface area contributed by atoms with Crippen LogP contribution in [0.5, 0.6) is 0 Å². The molecule has 0 unspecified atom stereocenters. The van der Waals surface area contributed by atoms with Gasteiger partial charge in [0.15, 0.2) is 11.2 Å². The summed E-state index contributed by atoms with van der Waals surface area (Å²) in [5.41, 5.74) is -1.42. The number of thioether (sulfide) groups is 2. The quantitative estimate of drug-likeness (QED) is 0.162. The SMILES string of the molecule is C[C@@H]1CC[C@H]2[C@H](CSCCCCSC[C@@H]3C(=O)O[C@@H]4O[C@@]5(C)CC[C@H]6[C@H](C)CC[C@@H]3[C@@]46OO5)C(=O)O[C@@H]3O[C@@]4(C)CC[C@@H]1[C@]32OO4. The fourth-order valence-electron chi connectivity index (χ4n) is 10.4. The maximum Gasteiger partial charge on any atom is 0.312 e. The van der Waals surface area contributed by atoms with E-state index in [0.29, 0.717) is 23.3 Å². The summed E-state index contributed by atoms with van der Waals surface area (Å²) in [6, 6.07) is 0. The lowest BCUT2D eigenvalue weighted by atomic mass is 9.58. The molecule has 12 heteroatoms. The van der Waals surface area contributed by atoms with E-state index in [-0.39, 0.29) is 47.4 Å². The van der Waals surface area contributed by atoms with Crippen LogP contribution in [0.3, 0.4) is 0 Å². The second-order valence-electron chi connectivity index (χ2n) is 15.8. The second kappa shape index (κ2) is 12.0. The van der Waals surface area contributed by atoms with E-state index in [1.807, 2.05) is 37.4 Å². The van der Waals surface area contributed by atoms with Crippen molar-refractivity contribution >= 4 is 35.5 Å². The number of carbonyl (C=O) groups excluding carboxylic acids is 2. The largest absolute Gasteiger partial charge is 0.432 e. The fourth-order valence-corrected chi connectivity index (χ4v) is 12.8. The van der Waals surface area contributed by atoms with Gasteiger partial charge in [-0.3, -0.25) is 9.59 Å². The van der Waals surface area contributed by atoms with Crippen molar-refractivity contribution in [3.05, 3.63) is 0 Å². The Labute approximate surface area is 280 Å². The van der Waals surface area contributed by atoms with Crippen molar-refractivity contribution in [3.8, 4) is 0 Å². The molecule has 10 fully saturated rings. The molecular weight excluding hydrogens is 632 g/mol. The van der Waals surface area contributed by atoms with Gasteiger partial charge in [-0.15, -0.1) is 0 Å². The molecule has 0 aromatic rings. The van der Waals surface area contributed by atoms with Gasteiger partial charge < -0.3 is 18.9 Å². The van der Waals surface area contributed by atoms with Gasteiger partial charge in [0.2, 0.25) is 24.2 Å². The number of carbonyl (C=O) groups is 2. The third-order valence-corrected chi connectivity index (χ3v) is 15.3. The molecule has 0 aromatic carbocycles. The maximum atomic E-state index is 13.3. The summed E-state index contributed by atoms with van der Waals surface area (Å²) < 4.78 is 24.5. The van der Waals surface area contributed by atoms with Crippen molar-refractivity contribution in [2.45, 2.75) is 127 Å². The molecule has 10 aliphatic rings. The lowest BCUT2D eigenvalue weighted by Gasteiger charge is -2.58. The lowest BCUT2D eigenvalue weighted by Crippen LogP contribution is -2.70. The Morgan fingerprint density at radius 2 is 1.04 bits per heavy atom. The number of hydrogen-bond donors (Lipinski definition) is 0. The Morgan fingerprint density at radius 3 is 1.48 bits per heavy atom. The van der Waals surface area contributed by atoms with Crippen LogP contribution in [0.4, 0.5) is 0 Å². The third-order valence-electron chi connectivity index (χ3n) is 13.0. The second-order valence-corrected chi connectivity index (χ2v) is 18.1. The number of rotatable bonds is 9. The van der Waals surface area contributed by atoms with Crippen LogP contribution in [0.1, 0.15) is 91.9 Å². The number of ether oxygens (including phenoxy) is 4. The van der Waals surface area contributed by atoms with Gasteiger partial charge in [-0.1, -0.05) is 13.8 Å². The van der Waals surface area contributed by atoms with Crippen molar-refractivity contribution in [1.82, 2.24) is 0 Å². The zero-order chi connectivity index (χ0) is 31.9. The zero-order valence-electron chi connectivity index (χ0n) is 27.6. The van der Waals surface area contributed by atoms with Gasteiger partial charge in [0.1, 0.15) is 0 Å². The predicted octanol–water partition coefficient (Wildman–Crippen LogP) is 6.01. The average molecular weight is 683 g/mol. The molecule has 10 nitrogen and oxygen atoms in total. The number of unbranched alkanes of at least 4 members (excludes halogenated alkanes) is 1. The summed E-state index contributed by atoms with van der Waals surface area (Å²) in [6.07, 6.45) is 8.09. The Hall–Kier alpha value is -0.600. The summed E-state index contributed by atoms with van der Waals surface area (Å²) in [7, 11) is 0. The molecule has 14 atom stereocenters. The van der Waals surface area contributed by atoms with E-state index in [0.717, 1.165) is 75.7 Å². The first-order valence-electron chi connectivity index (χ1n) is 17.7. The third kappa shape index (κ3) is 5.04. The molecule has 46 heavy (non-hydrogen) atoms. The molecule has 2 spiro atoms. The highest BCUT2D eigenvalue weighted by Crippen LogP contribution is 2.61. The molecular formula is C34H50O10S2. The standard InChI is InChI=1S/C34H50O10S2/c1-19-7-9-25-21(27(35)37-29-33(25)23(19)11-13-31(3,39-29)41-43-33)17-45-15-5-6-16-46-18-22-26-10-8-20(2)24-12-14-32(4)40-30(38-28(22)36)34(24,26)44-42-32/h19-26,29-30H,5-18H2,1-4H3/t19-,20-,21+,22+,23+,24+,25+,26+,29-,30-,31-,32-,33-,34-/m1/s1. The van der Waals surface area contributed by atoms with E-state index < -0.39 is 35.4 Å². The van der Waals surface area contributed by atoms with Gasteiger partial charge >= 0.3 is 11.9 Å². The number of fused-ring (bicyclic) bond motifs is 4. The summed E-state index contributed by atoms with van der Waals surface area (Å²) >= 11 is 3.66. The molecule has 10 rings (SSSR count). The van der Waals surface area contributed by atoms with E-state index >= 15 is 0 Å². The smallest absolute Gasteiger partial charge is 0.312 e. The summed E-state index contributed by atoms with van der Waals surface area (Å²) in [5, 5.41) is 0. The van der Waals surface area contributed by atoms with Gasteiger partial charge in [-0.2, -0.15) is 23.5 Å². The minimum absolute atomic E-state index is 0.0356. The molecule has 4 bridgehead atoms. The van der Waals surface area contributed by atoms with E-state index in [2.05, 4.69) is 13.8 Å². The Bertz CT molecular complexity index is 1120. The summed E-state index contributed by atoms with van der Waals surface area (Å²) in [4.78, 5) is 50.8. The molecule has 0 radical (unpaired) electrons. The zero-order valence-corrected chi connectivity index (χ0v) is 29.2. The van der Waals surface area contributed by atoms with Crippen molar-refractivity contribution in [1.29, 1.82) is 0 Å². The van der Waals surface area contributed by atoms with Crippen LogP contribution < -0.4 is 0 Å². The first kappa shape index (κ1) is 32.6. The molecule has 8 aliphatic heterocycles. The fraction of sp³-hybridized carbons (Fsp3) is 0.941. The topological polar surface area (TPSA) is 108 Å². The monoisotopic (exact) mass is 682 g/mol. The van der Waals surface area contributed by atoms with Crippen LogP contribution in [0.25, 0.3) is 0 Å². The van der Waals surface area contributed by atoms with Crippen molar-refractivity contribution in [2.24, 2.45) is 47.3 Å². The molecule has 2 saturated carbocycles. The highest BCUT2D eigenvalue weighted by Gasteiger charge is 2.72. The molecule has 0 aromatic heterocycles. The Balaban J connectivity index is 0.826. The number of hydrogen-bond acceptors (Lipinski definition) is 12. The lowest BCUT2D eigenvalue weighted by molar-refractivity contribution is -0.559. The molecule has 8 saturated heterocycles. The summed E-state index contributed by atoms with van der Waals surface area (Å²) in [5.74, 6) is 2.39. The van der Waals surface area contributed by atoms with Crippen LogP contribution in [0.15, 0.2) is 0 Å². The van der Waals surface area contributed by atoms with E-state index in [1.165, 1.54) is 0 Å². The van der Waals surface area contributed by atoms with Crippen LogP contribution in [0, 0.1) is 47.3 Å². The summed E-state index contributed by atoms with van der Waals surface area (Å²) in [6.45, 7) is 8.33. The van der Waals surface area contributed by atoms with Gasteiger partial charge in [0, 0.05) is 48.0 Å². The van der Waals surface area contributed by atoms with Crippen LogP contribution in [0.2, 0.25) is 0 Å². The van der Waals surface area contributed by atoms with Crippen LogP contribution in [-0.4, -0.2) is 70.3 Å². The van der Waals surface area contributed by atoms with Crippen LogP contribution in [-0.2, 0) is 48.1 Å². The van der Waals surface area contributed by atoms with E-state index in [4.69, 9.17) is 38.5 Å². The van der Waals surface area contributed by atoms with Gasteiger partial charge in [-0.05, 0) is 88.6 Å². The first-order chi connectivity index (χ1) is 22.1. The minimum Gasteiger partial charge on any atom is -0.432 e.